The molecule has 3 aromatic rings. The van der Waals surface area contributed by atoms with E-state index in [2.05, 4.69) is 0 Å². The number of rotatable bonds is 3. The number of anilines is 1. The number of aliphatic imine (C=N–C) groups is 1. The lowest BCUT2D eigenvalue weighted by Crippen LogP contribution is -2.28. The van der Waals surface area contributed by atoms with E-state index < -0.39 is 0 Å². The van der Waals surface area contributed by atoms with Gasteiger partial charge in [-0.25, -0.2) is 4.99 Å². The molecule has 1 amide bonds. The van der Waals surface area contributed by atoms with Gasteiger partial charge in [0.05, 0.1) is 21.3 Å². The van der Waals surface area contributed by atoms with Crippen molar-refractivity contribution in [2.45, 2.75) is 13.8 Å². The van der Waals surface area contributed by atoms with E-state index in [1.54, 1.807) is 23.1 Å². The zero-order valence-corrected chi connectivity index (χ0v) is 18.0. The summed E-state index contributed by atoms with van der Waals surface area (Å²) in [5.74, 6) is -0.147. The van der Waals surface area contributed by atoms with Crippen LogP contribution in [0.5, 0.6) is 5.75 Å². The average Bonchev–Trinajstić information content (AvgIpc) is 3.02. The molecule has 1 N–H and O–H groups in total. The second kappa shape index (κ2) is 8.38. The lowest BCUT2D eigenvalue weighted by atomic mass is 10.2. The molecule has 6 heteroatoms. The molecule has 0 saturated carbocycles. The van der Waals surface area contributed by atoms with Crippen LogP contribution < -0.4 is 4.90 Å². The molecule has 0 unspecified atom stereocenters. The highest BCUT2D eigenvalue weighted by molar-refractivity contribution is 8.19. The molecule has 0 radical (unpaired) electrons. The largest absolute Gasteiger partial charge is 0.506 e. The molecule has 1 fully saturated rings. The summed E-state index contributed by atoms with van der Waals surface area (Å²) < 4.78 is 0. The molecule has 1 saturated heterocycles. The Balaban J connectivity index is 1.77. The van der Waals surface area contributed by atoms with E-state index >= 15 is 0 Å². The summed E-state index contributed by atoms with van der Waals surface area (Å²) in [6.45, 7) is 4.03. The molecular weight excluding hydrogens is 416 g/mol. The SMILES string of the molecule is Cc1ccc(N=C2S/C(=C/c3ccc(O)c(Cl)c3)C(=O)N2c2ccc(C)cc2)cc1. The van der Waals surface area contributed by atoms with Crippen LogP contribution in [-0.2, 0) is 4.79 Å². The Morgan fingerprint density at radius 1 is 0.967 bits per heavy atom. The number of aryl methyl sites for hydroxylation is 2. The van der Waals surface area contributed by atoms with Crippen molar-refractivity contribution in [3.05, 3.63) is 93.3 Å². The van der Waals surface area contributed by atoms with Crippen molar-refractivity contribution < 1.29 is 9.90 Å². The molecule has 4 nitrogen and oxygen atoms in total. The van der Waals surface area contributed by atoms with Crippen molar-refractivity contribution in [3.63, 3.8) is 0 Å². The van der Waals surface area contributed by atoms with Crippen LogP contribution in [0.3, 0.4) is 0 Å². The highest BCUT2D eigenvalue weighted by Gasteiger charge is 2.34. The van der Waals surface area contributed by atoms with Gasteiger partial charge >= 0.3 is 0 Å². The number of hydrogen-bond acceptors (Lipinski definition) is 4. The second-order valence-corrected chi connectivity index (χ2v) is 8.44. The molecule has 4 rings (SSSR count). The van der Waals surface area contributed by atoms with Crippen LogP contribution >= 0.6 is 23.4 Å². The number of phenolic OH excluding ortho intramolecular Hbond substituents is 1. The predicted molar refractivity (Wildman–Crippen MR) is 126 cm³/mol. The molecule has 0 bridgehead atoms. The van der Waals surface area contributed by atoms with Gasteiger partial charge in [0, 0.05) is 0 Å². The fourth-order valence-electron chi connectivity index (χ4n) is 2.96. The zero-order chi connectivity index (χ0) is 21.3. The van der Waals surface area contributed by atoms with Crippen LogP contribution in [0.15, 0.2) is 76.6 Å². The first-order chi connectivity index (χ1) is 14.4. The molecule has 1 heterocycles. The number of amides is 1. The van der Waals surface area contributed by atoms with Crippen molar-refractivity contribution in [2.24, 2.45) is 4.99 Å². The number of carbonyl (C=O) groups excluding carboxylic acids is 1. The smallest absolute Gasteiger partial charge is 0.271 e. The summed E-state index contributed by atoms with van der Waals surface area (Å²) in [4.78, 5) is 20.2. The first-order valence-corrected chi connectivity index (χ1v) is 10.5. The summed E-state index contributed by atoms with van der Waals surface area (Å²) in [5, 5.41) is 10.5. The average molecular weight is 435 g/mol. The maximum absolute atomic E-state index is 13.3. The summed E-state index contributed by atoms with van der Waals surface area (Å²) >= 11 is 7.33. The van der Waals surface area contributed by atoms with Gasteiger partial charge < -0.3 is 5.11 Å². The highest BCUT2D eigenvalue weighted by Crippen LogP contribution is 2.38. The van der Waals surface area contributed by atoms with Crippen molar-refractivity contribution in [1.82, 2.24) is 0 Å². The molecule has 1 aliphatic heterocycles. The molecule has 150 valence electrons. The van der Waals surface area contributed by atoms with E-state index in [9.17, 15) is 9.90 Å². The summed E-state index contributed by atoms with van der Waals surface area (Å²) in [6, 6.07) is 20.5. The van der Waals surface area contributed by atoms with Crippen molar-refractivity contribution >= 4 is 51.9 Å². The van der Waals surface area contributed by atoms with Gasteiger partial charge in [-0.1, -0.05) is 53.1 Å². The van der Waals surface area contributed by atoms with Crippen molar-refractivity contribution in [2.75, 3.05) is 4.90 Å². The van der Waals surface area contributed by atoms with E-state index in [1.165, 1.54) is 17.8 Å². The van der Waals surface area contributed by atoms with Crippen LogP contribution in [0, 0.1) is 13.8 Å². The van der Waals surface area contributed by atoms with E-state index in [0.717, 1.165) is 28.1 Å². The van der Waals surface area contributed by atoms with Crippen molar-refractivity contribution in [3.8, 4) is 5.75 Å². The standard InChI is InChI=1S/C24H19ClN2O2S/c1-15-3-8-18(9-4-15)26-24-27(19-10-5-16(2)6-11-19)23(29)22(30-24)14-17-7-12-21(28)20(25)13-17/h3-14,28H,1-2H3/b22-14+,26-24?. The third kappa shape index (κ3) is 4.27. The van der Waals surface area contributed by atoms with Gasteiger partial charge in [-0.15, -0.1) is 0 Å². The van der Waals surface area contributed by atoms with Crippen molar-refractivity contribution in [1.29, 1.82) is 0 Å². The molecule has 0 aliphatic carbocycles. The fourth-order valence-corrected chi connectivity index (χ4v) is 4.15. The number of halogens is 1. The number of nitrogens with zero attached hydrogens (tertiary/aromatic N) is 2. The Bertz CT molecular complexity index is 1170. The Labute approximate surface area is 184 Å². The Morgan fingerprint density at radius 2 is 1.60 bits per heavy atom. The molecule has 0 atom stereocenters. The minimum absolute atomic E-state index is 0.00660. The summed E-state index contributed by atoms with van der Waals surface area (Å²) in [5.41, 5.74) is 4.53. The minimum atomic E-state index is -0.154. The first-order valence-electron chi connectivity index (χ1n) is 9.35. The van der Waals surface area contributed by atoms with E-state index in [4.69, 9.17) is 16.6 Å². The molecular formula is C24H19ClN2O2S. The normalized spacial score (nSPS) is 16.6. The number of aromatic hydroxyl groups is 1. The number of hydrogen-bond donors (Lipinski definition) is 1. The summed E-state index contributed by atoms with van der Waals surface area (Å²) in [7, 11) is 0. The highest BCUT2D eigenvalue weighted by atomic mass is 35.5. The Hall–Kier alpha value is -3.02. The van der Waals surface area contributed by atoms with Gasteiger partial charge in [-0.2, -0.15) is 0 Å². The van der Waals surface area contributed by atoms with Crippen LogP contribution in [0.4, 0.5) is 11.4 Å². The van der Waals surface area contributed by atoms with Gasteiger partial charge in [0.2, 0.25) is 0 Å². The van der Waals surface area contributed by atoms with Gasteiger partial charge in [-0.3, -0.25) is 9.69 Å². The quantitative estimate of drug-likeness (QED) is 0.480. The van der Waals surface area contributed by atoms with Crippen LogP contribution in [-0.4, -0.2) is 16.2 Å². The molecule has 0 spiro atoms. The molecule has 30 heavy (non-hydrogen) atoms. The predicted octanol–water partition coefficient (Wildman–Crippen LogP) is 6.47. The third-order valence-electron chi connectivity index (χ3n) is 4.63. The lowest BCUT2D eigenvalue weighted by molar-refractivity contribution is -0.113. The molecule has 1 aliphatic rings. The van der Waals surface area contributed by atoms with Crippen LogP contribution in [0.2, 0.25) is 5.02 Å². The van der Waals surface area contributed by atoms with E-state index in [0.29, 0.717) is 10.1 Å². The Morgan fingerprint density at radius 3 is 2.23 bits per heavy atom. The van der Waals surface area contributed by atoms with Crippen LogP contribution in [0.25, 0.3) is 6.08 Å². The van der Waals surface area contributed by atoms with Gasteiger partial charge in [0.15, 0.2) is 5.17 Å². The topological polar surface area (TPSA) is 52.9 Å². The minimum Gasteiger partial charge on any atom is -0.506 e. The molecule has 0 aromatic heterocycles. The van der Waals surface area contributed by atoms with Gasteiger partial charge in [0.25, 0.3) is 5.91 Å². The number of amidine groups is 1. The molecule has 3 aromatic carbocycles. The maximum atomic E-state index is 13.3. The maximum Gasteiger partial charge on any atom is 0.271 e. The van der Waals surface area contributed by atoms with Gasteiger partial charge in [-0.05, 0) is 73.6 Å². The van der Waals surface area contributed by atoms with E-state index in [-0.39, 0.29) is 16.7 Å². The number of carbonyl (C=O) groups is 1. The monoisotopic (exact) mass is 434 g/mol. The van der Waals surface area contributed by atoms with E-state index in [1.807, 2.05) is 62.4 Å². The number of phenols is 1. The summed E-state index contributed by atoms with van der Waals surface area (Å²) in [6.07, 6.45) is 1.76. The number of benzene rings is 3. The first kappa shape index (κ1) is 20.3. The number of thioether (sulfide) groups is 1. The lowest BCUT2D eigenvalue weighted by Gasteiger charge is -2.16. The Kier molecular flexibility index (Phi) is 5.66. The zero-order valence-electron chi connectivity index (χ0n) is 16.5. The fraction of sp³-hybridized carbons (Fsp3) is 0.0833. The third-order valence-corrected chi connectivity index (χ3v) is 5.90. The second-order valence-electron chi connectivity index (χ2n) is 7.03. The van der Waals surface area contributed by atoms with Crippen LogP contribution in [0.1, 0.15) is 16.7 Å². The van der Waals surface area contributed by atoms with Gasteiger partial charge in [0.1, 0.15) is 5.75 Å².